The van der Waals surface area contributed by atoms with Gasteiger partial charge in [0.15, 0.2) is 0 Å². The number of ether oxygens (including phenoxy) is 2. The van der Waals surface area contributed by atoms with Gasteiger partial charge in [0, 0.05) is 6.42 Å². The third kappa shape index (κ3) is 5.64. The SMILES string of the molecule is CCOC(=O)c1cc(F)c(CCC(=O)OC(C)(C)C)cc1Cl. The summed E-state index contributed by atoms with van der Waals surface area (Å²) >= 11 is 5.97. The molecule has 1 aromatic carbocycles. The topological polar surface area (TPSA) is 52.6 Å². The minimum Gasteiger partial charge on any atom is -0.462 e. The van der Waals surface area contributed by atoms with E-state index in [-0.39, 0.29) is 35.6 Å². The van der Waals surface area contributed by atoms with Crippen molar-refractivity contribution in [3.63, 3.8) is 0 Å². The van der Waals surface area contributed by atoms with Gasteiger partial charge in [0.2, 0.25) is 0 Å². The molecule has 1 aromatic rings. The summed E-state index contributed by atoms with van der Waals surface area (Å²) in [5, 5.41) is 0.0963. The van der Waals surface area contributed by atoms with Crippen molar-refractivity contribution >= 4 is 23.5 Å². The molecule has 0 saturated carbocycles. The fraction of sp³-hybridized carbons (Fsp3) is 0.500. The van der Waals surface area contributed by atoms with Crippen LogP contribution in [0.25, 0.3) is 0 Å². The fourth-order valence-electron chi connectivity index (χ4n) is 1.77. The molecule has 0 bridgehead atoms. The van der Waals surface area contributed by atoms with Crippen molar-refractivity contribution in [2.45, 2.75) is 46.1 Å². The molecule has 0 aliphatic heterocycles. The first-order chi connectivity index (χ1) is 10.1. The van der Waals surface area contributed by atoms with E-state index in [0.29, 0.717) is 0 Å². The lowest BCUT2D eigenvalue weighted by molar-refractivity contribution is -0.154. The average Bonchev–Trinajstić information content (AvgIpc) is 2.37. The van der Waals surface area contributed by atoms with E-state index in [1.54, 1.807) is 27.7 Å². The zero-order valence-corrected chi connectivity index (χ0v) is 13.9. The van der Waals surface area contributed by atoms with E-state index in [9.17, 15) is 14.0 Å². The molecule has 22 heavy (non-hydrogen) atoms. The lowest BCUT2D eigenvalue weighted by Crippen LogP contribution is -2.24. The van der Waals surface area contributed by atoms with E-state index in [1.807, 2.05) is 0 Å². The summed E-state index contributed by atoms with van der Waals surface area (Å²) in [4.78, 5) is 23.2. The Bertz CT molecular complexity index is 564. The molecule has 6 heteroatoms. The Hall–Kier alpha value is -1.62. The monoisotopic (exact) mass is 330 g/mol. The lowest BCUT2D eigenvalue weighted by atomic mass is 10.1. The van der Waals surface area contributed by atoms with Crippen molar-refractivity contribution in [2.75, 3.05) is 6.61 Å². The Balaban J connectivity index is 2.79. The summed E-state index contributed by atoms with van der Waals surface area (Å²) in [6, 6.07) is 2.37. The molecule has 0 aromatic heterocycles. The molecule has 0 aliphatic rings. The van der Waals surface area contributed by atoms with Gasteiger partial charge in [-0.05, 0) is 51.8 Å². The minimum absolute atomic E-state index is 0.0259. The summed E-state index contributed by atoms with van der Waals surface area (Å²) in [5.41, 5.74) is -0.355. The normalized spacial score (nSPS) is 11.2. The molecule has 0 spiro atoms. The van der Waals surface area contributed by atoms with Gasteiger partial charge in [0.25, 0.3) is 0 Å². The highest BCUT2D eigenvalue weighted by atomic mass is 35.5. The van der Waals surface area contributed by atoms with Crippen LogP contribution in [0.15, 0.2) is 12.1 Å². The van der Waals surface area contributed by atoms with Crippen LogP contribution in [0.5, 0.6) is 0 Å². The number of esters is 2. The maximum atomic E-state index is 14.0. The minimum atomic E-state index is -0.676. The van der Waals surface area contributed by atoms with E-state index in [4.69, 9.17) is 21.1 Å². The van der Waals surface area contributed by atoms with Crippen molar-refractivity contribution in [1.29, 1.82) is 0 Å². The molecule has 4 nitrogen and oxygen atoms in total. The predicted molar refractivity (Wildman–Crippen MR) is 81.5 cm³/mol. The molecule has 122 valence electrons. The number of carbonyl (C=O) groups excluding carboxylic acids is 2. The molecule has 0 heterocycles. The van der Waals surface area contributed by atoms with Crippen molar-refractivity contribution in [1.82, 2.24) is 0 Å². The van der Waals surface area contributed by atoms with Gasteiger partial charge in [-0.25, -0.2) is 9.18 Å². The first-order valence-electron chi connectivity index (χ1n) is 7.01. The Kier molecular flexibility index (Phi) is 6.35. The van der Waals surface area contributed by atoms with Crippen LogP contribution in [0.2, 0.25) is 5.02 Å². The number of hydrogen-bond donors (Lipinski definition) is 0. The summed E-state index contributed by atoms with van der Waals surface area (Å²) in [5.74, 6) is -1.70. The van der Waals surface area contributed by atoms with Crippen LogP contribution in [0.1, 0.15) is 50.0 Å². The van der Waals surface area contributed by atoms with E-state index < -0.39 is 23.4 Å². The predicted octanol–water partition coefficient (Wildman–Crippen LogP) is 3.93. The molecular formula is C16H20ClFO4. The zero-order valence-electron chi connectivity index (χ0n) is 13.2. The Labute approximate surface area is 134 Å². The number of carbonyl (C=O) groups is 2. The third-order valence-corrected chi connectivity index (χ3v) is 2.96. The zero-order chi connectivity index (χ0) is 16.9. The molecule has 0 fully saturated rings. The van der Waals surface area contributed by atoms with Gasteiger partial charge < -0.3 is 9.47 Å². The summed E-state index contributed by atoms with van der Waals surface area (Å²) in [7, 11) is 0. The first kappa shape index (κ1) is 18.4. The molecular weight excluding hydrogens is 311 g/mol. The van der Waals surface area contributed by atoms with E-state index in [2.05, 4.69) is 0 Å². The van der Waals surface area contributed by atoms with Crippen molar-refractivity contribution in [2.24, 2.45) is 0 Å². The standard InChI is InChI=1S/C16H20ClFO4/c1-5-21-15(20)11-9-13(18)10(8-12(11)17)6-7-14(19)22-16(2,3)4/h8-9H,5-7H2,1-4H3. The maximum Gasteiger partial charge on any atom is 0.339 e. The van der Waals surface area contributed by atoms with Crippen LogP contribution in [0.4, 0.5) is 4.39 Å². The highest BCUT2D eigenvalue weighted by Crippen LogP contribution is 2.23. The molecule has 0 atom stereocenters. The molecule has 0 radical (unpaired) electrons. The smallest absolute Gasteiger partial charge is 0.339 e. The molecule has 1 rings (SSSR count). The highest BCUT2D eigenvalue weighted by molar-refractivity contribution is 6.33. The van der Waals surface area contributed by atoms with E-state index in [0.717, 1.165) is 6.07 Å². The summed E-state index contributed by atoms with van der Waals surface area (Å²) < 4.78 is 23.9. The van der Waals surface area contributed by atoms with Crippen molar-refractivity contribution in [3.8, 4) is 0 Å². The summed E-state index contributed by atoms with van der Waals surface area (Å²) in [6.45, 7) is 7.11. The second-order valence-corrected chi connectivity index (χ2v) is 6.14. The third-order valence-electron chi connectivity index (χ3n) is 2.65. The van der Waals surface area contributed by atoms with Gasteiger partial charge in [-0.1, -0.05) is 11.6 Å². The fourth-order valence-corrected chi connectivity index (χ4v) is 2.04. The molecule has 0 unspecified atom stereocenters. The first-order valence-corrected chi connectivity index (χ1v) is 7.38. The van der Waals surface area contributed by atoms with Gasteiger partial charge in [-0.3, -0.25) is 4.79 Å². The second kappa shape index (κ2) is 7.58. The lowest BCUT2D eigenvalue weighted by Gasteiger charge is -2.19. The van der Waals surface area contributed by atoms with Crippen LogP contribution in [0, 0.1) is 5.82 Å². The average molecular weight is 331 g/mol. The maximum absolute atomic E-state index is 14.0. The molecule has 0 saturated heterocycles. The number of benzene rings is 1. The van der Waals surface area contributed by atoms with Gasteiger partial charge in [-0.2, -0.15) is 0 Å². The van der Waals surface area contributed by atoms with Crippen LogP contribution >= 0.6 is 11.6 Å². The van der Waals surface area contributed by atoms with Crippen LogP contribution in [0.3, 0.4) is 0 Å². The Morgan fingerprint density at radius 1 is 1.27 bits per heavy atom. The van der Waals surface area contributed by atoms with E-state index >= 15 is 0 Å². The van der Waals surface area contributed by atoms with Gasteiger partial charge in [0.05, 0.1) is 17.2 Å². The van der Waals surface area contributed by atoms with E-state index in [1.165, 1.54) is 6.07 Å². The molecule has 0 aliphatic carbocycles. The highest BCUT2D eigenvalue weighted by Gasteiger charge is 2.19. The van der Waals surface area contributed by atoms with Crippen LogP contribution in [-0.2, 0) is 20.7 Å². The quantitative estimate of drug-likeness (QED) is 0.768. The largest absolute Gasteiger partial charge is 0.462 e. The van der Waals surface area contributed by atoms with Gasteiger partial charge >= 0.3 is 11.9 Å². The number of aryl methyl sites for hydroxylation is 1. The van der Waals surface area contributed by atoms with Crippen molar-refractivity contribution in [3.05, 3.63) is 34.1 Å². The van der Waals surface area contributed by atoms with Crippen LogP contribution < -0.4 is 0 Å². The Morgan fingerprint density at radius 2 is 1.91 bits per heavy atom. The van der Waals surface area contributed by atoms with Crippen molar-refractivity contribution < 1.29 is 23.5 Å². The molecule has 0 amide bonds. The summed E-state index contributed by atoms with van der Waals surface area (Å²) in [6.07, 6.45) is 0.173. The van der Waals surface area contributed by atoms with Gasteiger partial charge in [0.1, 0.15) is 11.4 Å². The van der Waals surface area contributed by atoms with Gasteiger partial charge in [-0.15, -0.1) is 0 Å². The number of halogens is 2. The second-order valence-electron chi connectivity index (χ2n) is 5.73. The molecule has 0 N–H and O–H groups in total. The number of rotatable bonds is 5. The Morgan fingerprint density at radius 3 is 2.45 bits per heavy atom. The van der Waals surface area contributed by atoms with Crippen LogP contribution in [-0.4, -0.2) is 24.1 Å². The number of hydrogen-bond acceptors (Lipinski definition) is 4.